The van der Waals surface area contributed by atoms with Crippen molar-refractivity contribution in [2.45, 2.75) is 12.8 Å². The lowest BCUT2D eigenvalue weighted by molar-refractivity contribution is -0.122. The van der Waals surface area contributed by atoms with Gasteiger partial charge in [0.15, 0.2) is 0 Å². The van der Waals surface area contributed by atoms with Gasteiger partial charge < -0.3 is 16.4 Å². The first-order valence-corrected chi connectivity index (χ1v) is 7.33. The summed E-state index contributed by atoms with van der Waals surface area (Å²) in [6.45, 7) is 1.61. The van der Waals surface area contributed by atoms with E-state index in [9.17, 15) is 4.79 Å². The van der Waals surface area contributed by atoms with Gasteiger partial charge in [0.05, 0.1) is 5.92 Å². The van der Waals surface area contributed by atoms with Gasteiger partial charge in [-0.05, 0) is 47.0 Å². The number of hydrogen-bond donors (Lipinski definition) is 2. The zero-order valence-corrected chi connectivity index (χ0v) is 12.8. The minimum Gasteiger partial charge on any atom is -0.389 e. The molecule has 1 saturated heterocycles. The van der Waals surface area contributed by atoms with Gasteiger partial charge in [-0.25, -0.2) is 0 Å². The number of rotatable bonds is 3. The fourth-order valence-corrected chi connectivity index (χ4v) is 3.23. The molecule has 2 rings (SSSR count). The molecule has 1 aromatic carbocycles. The highest BCUT2D eigenvalue weighted by atomic mass is 79.9. The molecule has 4 N–H and O–H groups in total. The number of nitrogens with two attached hydrogens (primary N) is 2. The molecule has 0 radical (unpaired) electrons. The second kappa shape index (κ2) is 5.88. The Bertz CT molecular complexity index is 521. The SMILES string of the molecule is NC(=O)C1CCCN(c2ccc(C(N)=S)c(Br)c2)C1. The summed E-state index contributed by atoms with van der Waals surface area (Å²) >= 11 is 8.45. The summed E-state index contributed by atoms with van der Waals surface area (Å²) in [6, 6.07) is 5.86. The van der Waals surface area contributed by atoms with Crippen LogP contribution in [0.1, 0.15) is 18.4 Å². The molecule has 1 aliphatic heterocycles. The molecule has 1 unspecified atom stereocenters. The topological polar surface area (TPSA) is 72.4 Å². The maximum Gasteiger partial charge on any atom is 0.222 e. The molecule has 4 nitrogen and oxygen atoms in total. The first-order valence-electron chi connectivity index (χ1n) is 6.12. The fourth-order valence-electron chi connectivity index (χ4n) is 2.34. The van der Waals surface area contributed by atoms with E-state index in [1.807, 2.05) is 18.2 Å². The first kappa shape index (κ1) is 14.3. The second-order valence-electron chi connectivity index (χ2n) is 4.72. The fraction of sp³-hybridized carbons (Fsp3) is 0.385. The molecule has 0 saturated carbocycles. The zero-order valence-electron chi connectivity index (χ0n) is 10.4. The van der Waals surface area contributed by atoms with Gasteiger partial charge in [0.25, 0.3) is 0 Å². The molecule has 1 atom stereocenters. The monoisotopic (exact) mass is 341 g/mol. The van der Waals surface area contributed by atoms with Gasteiger partial charge in [-0.3, -0.25) is 4.79 Å². The molecule has 0 bridgehead atoms. The van der Waals surface area contributed by atoms with Crippen molar-refractivity contribution in [3.8, 4) is 0 Å². The van der Waals surface area contributed by atoms with Crippen LogP contribution in [0, 0.1) is 5.92 Å². The number of hydrogen-bond acceptors (Lipinski definition) is 3. The summed E-state index contributed by atoms with van der Waals surface area (Å²) in [6.07, 6.45) is 1.85. The van der Waals surface area contributed by atoms with Crippen molar-refractivity contribution in [2.75, 3.05) is 18.0 Å². The molecular weight excluding hydrogens is 326 g/mol. The molecule has 0 aliphatic carbocycles. The number of carbonyl (C=O) groups excluding carboxylic acids is 1. The Morgan fingerprint density at radius 1 is 1.42 bits per heavy atom. The number of primary amides is 1. The van der Waals surface area contributed by atoms with E-state index in [1.54, 1.807) is 0 Å². The Morgan fingerprint density at radius 3 is 2.74 bits per heavy atom. The number of benzene rings is 1. The van der Waals surface area contributed by atoms with E-state index in [-0.39, 0.29) is 11.8 Å². The van der Waals surface area contributed by atoms with Gasteiger partial charge in [-0.2, -0.15) is 0 Å². The first-order chi connectivity index (χ1) is 8.99. The van der Waals surface area contributed by atoms with E-state index >= 15 is 0 Å². The highest BCUT2D eigenvalue weighted by Gasteiger charge is 2.24. The van der Waals surface area contributed by atoms with Gasteiger partial charge in [0.2, 0.25) is 5.91 Å². The molecule has 1 aliphatic rings. The van der Waals surface area contributed by atoms with Crippen LogP contribution in [0.2, 0.25) is 0 Å². The van der Waals surface area contributed by atoms with E-state index in [2.05, 4.69) is 20.8 Å². The largest absolute Gasteiger partial charge is 0.389 e. The average molecular weight is 342 g/mol. The number of halogens is 1. The highest BCUT2D eigenvalue weighted by molar-refractivity contribution is 9.10. The normalized spacial score (nSPS) is 19.2. The van der Waals surface area contributed by atoms with Crippen LogP contribution in [0.3, 0.4) is 0 Å². The Labute approximate surface area is 126 Å². The lowest BCUT2D eigenvalue weighted by Crippen LogP contribution is -2.41. The Balaban J connectivity index is 2.20. The van der Waals surface area contributed by atoms with Crippen molar-refractivity contribution in [1.82, 2.24) is 0 Å². The van der Waals surface area contributed by atoms with Crippen molar-refractivity contribution in [3.05, 3.63) is 28.2 Å². The molecule has 6 heteroatoms. The van der Waals surface area contributed by atoms with E-state index in [0.717, 1.165) is 35.1 Å². The van der Waals surface area contributed by atoms with Gasteiger partial charge in [0.1, 0.15) is 4.99 Å². The van der Waals surface area contributed by atoms with Gasteiger partial charge in [0, 0.05) is 28.8 Å². The minimum absolute atomic E-state index is 0.0669. The number of carbonyl (C=O) groups is 1. The molecule has 1 heterocycles. The maximum atomic E-state index is 11.3. The van der Waals surface area contributed by atoms with Gasteiger partial charge in [-0.15, -0.1) is 0 Å². The van der Waals surface area contributed by atoms with Crippen LogP contribution in [0.15, 0.2) is 22.7 Å². The molecule has 0 aromatic heterocycles. The van der Waals surface area contributed by atoms with Crippen LogP contribution in [-0.2, 0) is 4.79 Å². The predicted molar refractivity (Wildman–Crippen MR) is 84.2 cm³/mol. The average Bonchev–Trinajstić information content (AvgIpc) is 2.38. The van der Waals surface area contributed by atoms with Crippen LogP contribution < -0.4 is 16.4 Å². The van der Waals surface area contributed by atoms with Crippen molar-refractivity contribution in [2.24, 2.45) is 17.4 Å². The lowest BCUT2D eigenvalue weighted by atomic mass is 9.97. The second-order valence-corrected chi connectivity index (χ2v) is 6.01. The number of amides is 1. The zero-order chi connectivity index (χ0) is 14.0. The number of piperidine rings is 1. The van der Waals surface area contributed by atoms with Crippen LogP contribution in [0.5, 0.6) is 0 Å². The quantitative estimate of drug-likeness (QED) is 0.822. The smallest absolute Gasteiger partial charge is 0.222 e. The molecule has 1 amide bonds. The summed E-state index contributed by atoms with van der Waals surface area (Å²) in [5, 5.41) is 0. The Hall–Kier alpha value is -1.14. The number of anilines is 1. The van der Waals surface area contributed by atoms with E-state index in [0.29, 0.717) is 11.5 Å². The molecular formula is C13H16BrN3OS. The Morgan fingerprint density at radius 2 is 2.16 bits per heavy atom. The number of nitrogens with zero attached hydrogens (tertiary/aromatic N) is 1. The van der Waals surface area contributed by atoms with Crippen LogP contribution in [0.25, 0.3) is 0 Å². The predicted octanol–water partition coefficient (Wildman–Crippen LogP) is 1.78. The molecule has 102 valence electrons. The third-order valence-corrected chi connectivity index (χ3v) is 4.28. The van der Waals surface area contributed by atoms with E-state index in [4.69, 9.17) is 23.7 Å². The molecule has 0 spiro atoms. The van der Waals surface area contributed by atoms with Crippen LogP contribution in [0.4, 0.5) is 5.69 Å². The molecule has 19 heavy (non-hydrogen) atoms. The summed E-state index contributed by atoms with van der Waals surface area (Å²) in [4.78, 5) is 13.8. The highest BCUT2D eigenvalue weighted by Crippen LogP contribution is 2.27. The van der Waals surface area contributed by atoms with Crippen LogP contribution in [-0.4, -0.2) is 24.0 Å². The van der Waals surface area contributed by atoms with Crippen molar-refractivity contribution in [1.29, 1.82) is 0 Å². The summed E-state index contributed by atoms with van der Waals surface area (Å²) in [5.41, 5.74) is 12.9. The summed E-state index contributed by atoms with van der Waals surface area (Å²) in [7, 11) is 0. The third kappa shape index (κ3) is 3.25. The minimum atomic E-state index is -0.219. The van der Waals surface area contributed by atoms with E-state index in [1.165, 1.54) is 0 Å². The summed E-state index contributed by atoms with van der Waals surface area (Å²) < 4.78 is 0.874. The summed E-state index contributed by atoms with van der Waals surface area (Å²) in [5.74, 6) is -0.286. The van der Waals surface area contributed by atoms with Gasteiger partial charge >= 0.3 is 0 Å². The van der Waals surface area contributed by atoms with Crippen molar-refractivity contribution < 1.29 is 4.79 Å². The molecule has 1 fully saturated rings. The molecule has 1 aromatic rings. The number of thiocarbonyl (C=S) groups is 1. The maximum absolute atomic E-state index is 11.3. The van der Waals surface area contributed by atoms with Crippen LogP contribution >= 0.6 is 28.1 Å². The van der Waals surface area contributed by atoms with Crippen molar-refractivity contribution in [3.63, 3.8) is 0 Å². The lowest BCUT2D eigenvalue weighted by Gasteiger charge is -2.33. The van der Waals surface area contributed by atoms with Crippen molar-refractivity contribution >= 4 is 44.7 Å². The third-order valence-electron chi connectivity index (χ3n) is 3.41. The van der Waals surface area contributed by atoms with Gasteiger partial charge in [-0.1, -0.05) is 12.2 Å². The van der Waals surface area contributed by atoms with E-state index < -0.39 is 0 Å². The standard InChI is InChI=1S/C13H16BrN3OS/c14-11-6-9(3-4-10(11)13(16)19)17-5-1-2-8(7-17)12(15)18/h3-4,6,8H,1-2,5,7H2,(H2,15,18)(H2,16,19). The Kier molecular flexibility index (Phi) is 4.42.